The molecule has 2 saturated heterocycles. The van der Waals surface area contributed by atoms with Crippen LogP contribution in [0, 0.1) is 11.8 Å². The summed E-state index contributed by atoms with van der Waals surface area (Å²) in [4.78, 5) is 29.9. The van der Waals surface area contributed by atoms with E-state index in [0.29, 0.717) is 28.2 Å². The second-order valence-electron chi connectivity index (χ2n) is 7.33. The summed E-state index contributed by atoms with van der Waals surface area (Å²) in [5.41, 5.74) is 0. The smallest absolute Gasteiger partial charge is 0.263 e. The molecule has 0 radical (unpaired) electrons. The maximum absolute atomic E-state index is 12.8. The molecule has 2 aliphatic heterocycles. The van der Waals surface area contributed by atoms with Gasteiger partial charge in [-0.25, -0.2) is 0 Å². The van der Waals surface area contributed by atoms with Crippen LogP contribution in [0.15, 0.2) is 12.1 Å². The Balaban J connectivity index is 0.00000261. The number of hydrogen-bond donors (Lipinski definition) is 1. The Labute approximate surface area is 176 Å². The van der Waals surface area contributed by atoms with Gasteiger partial charge in [-0.15, -0.1) is 23.7 Å². The molecule has 1 aromatic rings. The van der Waals surface area contributed by atoms with Crippen LogP contribution in [-0.4, -0.2) is 61.4 Å². The fourth-order valence-electron chi connectivity index (χ4n) is 3.96. The van der Waals surface area contributed by atoms with Gasteiger partial charge >= 0.3 is 0 Å². The van der Waals surface area contributed by atoms with Gasteiger partial charge in [0.05, 0.1) is 9.21 Å². The van der Waals surface area contributed by atoms with E-state index in [1.54, 1.807) is 12.1 Å². The number of carbonyl (C=O) groups is 2. The molecule has 3 heterocycles. The molecule has 2 aliphatic rings. The van der Waals surface area contributed by atoms with E-state index in [1.807, 2.05) is 11.9 Å². The van der Waals surface area contributed by atoms with Crippen molar-refractivity contribution in [3.05, 3.63) is 21.3 Å². The number of amides is 2. The lowest BCUT2D eigenvalue weighted by Gasteiger charge is -2.37. The number of nitrogens with zero attached hydrogens (tertiary/aromatic N) is 2. The molecule has 2 amide bonds. The predicted octanol–water partition coefficient (Wildman–Crippen LogP) is 3.52. The van der Waals surface area contributed by atoms with Gasteiger partial charge in [-0.2, -0.15) is 0 Å². The highest BCUT2D eigenvalue weighted by molar-refractivity contribution is 7.17. The standard InChI is InChI=1S/C19H28ClN3O2S.ClH/c1-21-9-4-14-5-10-22(11-6-14)18(24)15-7-12-23(13-8-15)19(25)16-2-3-17(20)26-16;/h2-3,14-15,21H,4-13H2,1H3;1H. The number of rotatable bonds is 5. The van der Waals surface area contributed by atoms with Crippen LogP contribution in [0.4, 0.5) is 0 Å². The van der Waals surface area contributed by atoms with Gasteiger partial charge in [-0.3, -0.25) is 9.59 Å². The van der Waals surface area contributed by atoms with Crippen molar-refractivity contribution in [3.63, 3.8) is 0 Å². The van der Waals surface area contributed by atoms with Gasteiger partial charge < -0.3 is 15.1 Å². The lowest BCUT2D eigenvalue weighted by Crippen LogP contribution is -2.46. The zero-order valence-corrected chi connectivity index (χ0v) is 18.2. The average Bonchev–Trinajstić information content (AvgIpc) is 3.12. The molecule has 0 spiro atoms. The van der Waals surface area contributed by atoms with E-state index in [1.165, 1.54) is 17.8 Å². The summed E-state index contributed by atoms with van der Waals surface area (Å²) in [6, 6.07) is 3.54. The molecular weight excluding hydrogens is 405 g/mol. The van der Waals surface area contributed by atoms with Gasteiger partial charge in [0.15, 0.2) is 0 Å². The molecule has 5 nitrogen and oxygen atoms in total. The van der Waals surface area contributed by atoms with E-state index in [9.17, 15) is 9.59 Å². The van der Waals surface area contributed by atoms with Crippen molar-refractivity contribution in [2.45, 2.75) is 32.1 Å². The summed E-state index contributed by atoms with van der Waals surface area (Å²) in [5.74, 6) is 1.14. The zero-order valence-electron chi connectivity index (χ0n) is 15.8. The van der Waals surface area contributed by atoms with Crippen molar-refractivity contribution in [1.82, 2.24) is 15.1 Å². The summed E-state index contributed by atoms with van der Waals surface area (Å²) in [7, 11) is 1.99. The molecule has 0 atom stereocenters. The Morgan fingerprint density at radius 1 is 1.11 bits per heavy atom. The van der Waals surface area contributed by atoms with Crippen LogP contribution in [0.25, 0.3) is 0 Å². The zero-order chi connectivity index (χ0) is 18.5. The third kappa shape index (κ3) is 5.83. The van der Waals surface area contributed by atoms with Crippen LogP contribution >= 0.6 is 35.3 Å². The monoisotopic (exact) mass is 433 g/mol. The molecule has 27 heavy (non-hydrogen) atoms. The fraction of sp³-hybridized carbons (Fsp3) is 0.684. The van der Waals surface area contributed by atoms with Crippen LogP contribution in [0.3, 0.4) is 0 Å². The first-order valence-electron chi connectivity index (χ1n) is 9.56. The molecular formula is C19H29Cl2N3O2S. The first kappa shape index (κ1) is 22.5. The van der Waals surface area contributed by atoms with Crippen molar-refractivity contribution >= 4 is 47.2 Å². The van der Waals surface area contributed by atoms with Gasteiger partial charge in [0.1, 0.15) is 0 Å². The number of nitrogens with one attached hydrogen (secondary N) is 1. The van der Waals surface area contributed by atoms with Crippen LogP contribution in [0.1, 0.15) is 41.8 Å². The molecule has 1 aromatic heterocycles. The average molecular weight is 434 g/mol. The van der Waals surface area contributed by atoms with Crippen molar-refractivity contribution in [2.24, 2.45) is 11.8 Å². The highest BCUT2D eigenvalue weighted by Crippen LogP contribution is 2.27. The third-order valence-corrected chi connectivity index (χ3v) is 6.86. The van der Waals surface area contributed by atoms with Crippen LogP contribution in [0.5, 0.6) is 0 Å². The minimum Gasteiger partial charge on any atom is -0.342 e. The second-order valence-corrected chi connectivity index (χ2v) is 9.05. The van der Waals surface area contributed by atoms with E-state index >= 15 is 0 Å². The summed E-state index contributed by atoms with van der Waals surface area (Å²) in [6.07, 6.45) is 4.96. The number of halogens is 2. The van der Waals surface area contributed by atoms with Gasteiger partial charge in [0.2, 0.25) is 5.91 Å². The van der Waals surface area contributed by atoms with Crippen LogP contribution in [0.2, 0.25) is 4.34 Å². The summed E-state index contributed by atoms with van der Waals surface area (Å²) < 4.78 is 0.636. The number of thiophene rings is 1. The van der Waals surface area contributed by atoms with Crippen molar-refractivity contribution < 1.29 is 9.59 Å². The van der Waals surface area contributed by atoms with Gasteiger partial charge in [0.25, 0.3) is 5.91 Å². The third-order valence-electron chi connectivity index (χ3n) is 5.64. The van der Waals surface area contributed by atoms with Gasteiger partial charge in [-0.1, -0.05) is 11.6 Å². The highest BCUT2D eigenvalue weighted by atomic mass is 35.5. The minimum atomic E-state index is 0. The van der Waals surface area contributed by atoms with E-state index in [4.69, 9.17) is 11.6 Å². The number of carbonyl (C=O) groups excluding carboxylic acids is 2. The molecule has 0 bridgehead atoms. The molecule has 152 valence electrons. The largest absolute Gasteiger partial charge is 0.342 e. The SMILES string of the molecule is CNCCC1CCN(C(=O)C2CCN(C(=O)c3ccc(Cl)s3)CC2)CC1.Cl. The lowest BCUT2D eigenvalue weighted by atomic mass is 9.90. The number of piperidine rings is 2. The molecule has 0 unspecified atom stereocenters. The normalized spacial score (nSPS) is 19.0. The van der Waals surface area contributed by atoms with E-state index in [0.717, 1.165) is 51.2 Å². The molecule has 2 fully saturated rings. The van der Waals surface area contributed by atoms with Gasteiger partial charge in [-0.05, 0) is 63.7 Å². The highest BCUT2D eigenvalue weighted by Gasteiger charge is 2.32. The molecule has 0 aromatic carbocycles. The van der Waals surface area contributed by atoms with Crippen molar-refractivity contribution in [2.75, 3.05) is 39.8 Å². The van der Waals surface area contributed by atoms with Crippen molar-refractivity contribution in [3.8, 4) is 0 Å². The quantitative estimate of drug-likeness (QED) is 0.772. The summed E-state index contributed by atoms with van der Waals surface area (Å²) in [5, 5.41) is 3.21. The first-order chi connectivity index (χ1) is 12.6. The predicted molar refractivity (Wildman–Crippen MR) is 113 cm³/mol. The van der Waals surface area contributed by atoms with E-state index < -0.39 is 0 Å². The van der Waals surface area contributed by atoms with Gasteiger partial charge in [0, 0.05) is 32.1 Å². The molecule has 0 aliphatic carbocycles. The number of hydrogen-bond acceptors (Lipinski definition) is 4. The molecule has 3 rings (SSSR count). The fourth-order valence-corrected chi connectivity index (χ4v) is 4.97. The Morgan fingerprint density at radius 2 is 1.74 bits per heavy atom. The summed E-state index contributed by atoms with van der Waals surface area (Å²) >= 11 is 7.25. The van der Waals surface area contributed by atoms with Crippen molar-refractivity contribution in [1.29, 1.82) is 0 Å². The lowest BCUT2D eigenvalue weighted by molar-refractivity contribution is -0.138. The topological polar surface area (TPSA) is 52.7 Å². The van der Waals surface area contributed by atoms with E-state index in [-0.39, 0.29) is 24.2 Å². The Bertz CT molecular complexity index is 624. The Morgan fingerprint density at radius 3 is 2.30 bits per heavy atom. The Hall–Kier alpha value is -0.820. The maximum Gasteiger partial charge on any atom is 0.263 e. The summed E-state index contributed by atoms with van der Waals surface area (Å²) in [6.45, 7) is 4.15. The second kappa shape index (κ2) is 10.6. The molecule has 8 heteroatoms. The molecule has 1 N–H and O–H groups in total. The Kier molecular flexibility index (Phi) is 8.86. The first-order valence-corrected chi connectivity index (χ1v) is 10.8. The van der Waals surface area contributed by atoms with Crippen LogP contribution < -0.4 is 5.32 Å². The molecule has 0 saturated carbocycles. The maximum atomic E-state index is 12.8. The van der Waals surface area contributed by atoms with E-state index in [2.05, 4.69) is 10.2 Å². The van der Waals surface area contributed by atoms with Crippen LogP contribution in [-0.2, 0) is 4.79 Å². The number of likely N-dealkylation sites (tertiary alicyclic amines) is 2. The minimum absolute atomic E-state index is 0.